The molecular weight excluding hydrogens is 247 g/mol. The molecule has 0 atom stereocenters. The van der Waals surface area contributed by atoms with Crippen LogP contribution >= 0.6 is 0 Å². The van der Waals surface area contributed by atoms with Gasteiger partial charge in [-0.2, -0.15) is 0 Å². The van der Waals surface area contributed by atoms with Crippen molar-refractivity contribution in [1.82, 2.24) is 0 Å². The summed E-state index contributed by atoms with van der Waals surface area (Å²) in [5.41, 5.74) is 10.8. The van der Waals surface area contributed by atoms with Crippen molar-refractivity contribution in [2.75, 3.05) is 19.1 Å². The maximum atomic E-state index is 12.0. The molecule has 5 heteroatoms. The molecule has 1 aliphatic rings. The Bertz CT molecular complexity index is 339. The second-order valence-electron chi connectivity index (χ2n) is 4.05. The molecule has 0 spiro atoms. The molecule has 0 saturated heterocycles. The Balaban J connectivity index is -0.000000255. The summed E-state index contributed by atoms with van der Waals surface area (Å²) in [6.07, 6.45) is 2.91. The predicted octanol–water partition coefficient (Wildman–Crippen LogP) is 2.82. The van der Waals surface area contributed by atoms with Gasteiger partial charge in [-0.1, -0.05) is 13.8 Å². The molecule has 0 heterocycles. The average molecular weight is 274 g/mol. The zero-order chi connectivity index (χ0) is 14.7. The fraction of sp³-hybridized carbons (Fsp3) is 0.500. The summed E-state index contributed by atoms with van der Waals surface area (Å²) in [7, 11) is 0. The summed E-state index contributed by atoms with van der Waals surface area (Å²) >= 11 is 0. The summed E-state index contributed by atoms with van der Waals surface area (Å²) in [6.45, 7) is 4.72. The summed E-state index contributed by atoms with van der Waals surface area (Å²) in [6, 6.07) is 5.70. The standard InChI is InChI=1S/C6H6FN.C6H11NO2.C2H6.2H2/c7-5-1-3-6(8)4-2-5;7-5-9-4-6(3-8)1-2-6;1-2;;/h1-4H,8H2;3H,1-2,4-5,7H2;1-2H3;2*1H. The van der Waals surface area contributed by atoms with Gasteiger partial charge in [-0.05, 0) is 37.1 Å². The van der Waals surface area contributed by atoms with Gasteiger partial charge in [-0.15, -0.1) is 0 Å². The smallest absolute Gasteiger partial charge is 0.128 e. The van der Waals surface area contributed by atoms with Crippen molar-refractivity contribution in [3.8, 4) is 0 Å². The molecule has 1 aromatic rings. The highest BCUT2D eigenvalue weighted by molar-refractivity contribution is 5.63. The second-order valence-corrected chi connectivity index (χ2v) is 4.05. The van der Waals surface area contributed by atoms with E-state index in [0.29, 0.717) is 12.3 Å². The molecular formula is C14H27FN2O2. The zero-order valence-electron chi connectivity index (χ0n) is 11.6. The van der Waals surface area contributed by atoms with Gasteiger partial charge in [0.05, 0.1) is 13.3 Å². The fourth-order valence-corrected chi connectivity index (χ4v) is 1.18. The SMILES string of the molecule is CC.NCOCC1(C=O)CC1.Nc1ccc(F)cc1.[HH].[HH]. The minimum absolute atomic E-state index is 0. The maximum absolute atomic E-state index is 12.0. The lowest BCUT2D eigenvalue weighted by Crippen LogP contribution is -2.15. The van der Waals surface area contributed by atoms with Crippen LogP contribution in [-0.4, -0.2) is 19.6 Å². The lowest BCUT2D eigenvalue weighted by molar-refractivity contribution is -0.114. The zero-order valence-corrected chi connectivity index (χ0v) is 11.6. The maximum Gasteiger partial charge on any atom is 0.128 e. The molecule has 0 aliphatic heterocycles. The number of hydrogen-bond acceptors (Lipinski definition) is 4. The fourth-order valence-electron chi connectivity index (χ4n) is 1.18. The van der Waals surface area contributed by atoms with Crippen molar-refractivity contribution >= 4 is 12.0 Å². The van der Waals surface area contributed by atoms with Gasteiger partial charge in [0.15, 0.2) is 0 Å². The van der Waals surface area contributed by atoms with E-state index in [1.165, 1.54) is 24.3 Å². The Morgan fingerprint density at radius 1 is 1.37 bits per heavy atom. The first-order chi connectivity index (χ1) is 9.12. The Morgan fingerprint density at radius 2 is 1.89 bits per heavy atom. The molecule has 2 rings (SSSR count). The van der Waals surface area contributed by atoms with E-state index in [4.69, 9.17) is 16.2 Å². The van der Waals surface area contributed by atoms with Gasteiger partial charge in [0.25, 0.3) is 0 Å². The molecule has 1 saturated carbocycles. The quantitative estimate of drug-likeness (QED) is 0.503. The van der Waals surface area contributed by atoms with E-state index in [2.05, 4.69) is 0 Å². The molecule has 0 bridgehead atoms. The van der Waals surface area contributed by atoms with Crippen LogP contribution in [-0.2, 0) is 9.53 Å². The molecule has 1 fully saturated rings. The summed E-state index contributed by atoms with van der Waals surface area (Å²) in [5.74, 6) is -0.251. The van der Waals surface area contributed by atoms with E-state index in [-0.39, 0.29) is 20.8 Å². The van der Waals surface area contributed by atoms with Crippen molar-refractivity contribution < 1.29 is 16.8 Å². The summed E-state index contributed by atoms with van der Waals surface area (Å²) in [5, 5.41) is 0. The summed E-state index contributed by atoms with van der Waals surface area (Å²) < 4.78 is 16.9. The molecule has 4 N–H and O–H groups in total. The number of carbonyl (C=O) groups excluding carboxylic acids is 1. The lowest BCUT2D eigenvalue weighted by atomic mass is 10.2. The lowest BCUT2D eigenvalue weighted by Gasteiger charge is -2.04. The first-order valence-corrected chi connectivity index (χ1v) is 6.37. The van der Waals surface area contributed by atoms with Gasteiger partial charge < -0.3 is 21.0 Å². The molecule has 1 aromatic carbocycles. The Hall–Kier alpha value is -1.46. The van der Waals surface area contributed by atoms with Crippen LogP contribution in [0.4, 0.5) is 10.1 Å². The van der Waals surface area contributed by atoms with E-state index < -0.39 is 0 Å². The first-order valence-electron chi connectivity index (χ1n) is 6.37. The Labute approximate surface area is 116 Å². The molecule has 0 aromatic heterocycles. The van der Waals surface area contributed by atoms with Gasteiger partial charge in [0.1, 0.15) is 12.1 Å². The van der Waals surface area contributed by atoms with Gasteiger partial charge >= 0.3 is 0 Å². The average Bonchev–Trinajstić information content (AvgIpc) is 3.23. The third-order valence-electron chi connectivity index (χ3n) is 2.52. The van der Waals surface area contributed by atoms with E-state index in [1.807, 2.05) is 13.8 Å². The van der Waals surface area contributed by atoms with Crippen LogP contribution in [0.25, 0.3) is 0 Å². The molecule has 112 valence electrons. The van der Waals surface area contributed by atoms with Gasteiger partial charge in [-0.25, -0.2) is 4.39 Å². The predicted molar refractivity (Wildman–Crippen MR) is 79.1 cm³/mol. The molecule has 19 heavy (non-hydrogen) atoms. The van der Waals surface area contributed by atoms with Crippen molar-refractivity contribution in [3.63, 3.8) is 0 Å². The van der Waals surface area contributed by atoms with E-state index in [0.717, 1.165) is 19.1 Å². The van der Waals surface area contributed by atoms with Crippen LogP contribution in [0.15, 0.2) is 24.3 Å². The summed E-state index contributed by atoms with van der Waals surface area (Å²) in [4.78, 5) is 10.3. The minimum Gasteiger partial charge on any atom is -0.399 e. The van der Waals surface area contributed by atoms with Crippen molar-refractivity contribution in [3.05, 3.63) is 30.1 Å². The number of rotatable bonds is 4. The van der Waals surface area contributed by atoms with Crippen LogP contribution in [0.2, 0.25) is 0 Å². The minimum atomic E-state index is -0.251. The molecule has 0 unspecified atom stereocenters. The highest BCUT2D eigenvalue weighted by Gasteiger charge is 2.42. The topological polar surface area (TPSA) is 78.3 Å². The van der Waals surface area contributed by atoms with Crippen LogP contribution in [0, 0.1) is 11.2 Å². The van der Waals surface area contributed by atoms with Crippen molar-refractivity contribution in [2.24, 2.45) is 11.1 Å². The van der Waals surface area contributed by atoms with E-state index >= 15 is 0 Å². The van der Waals surface area contributed by atoms with Gasteiger partial charge in [-0.3, -0.25) is 0 Å². The number of hydrogen-bond donors (Lipinski definition) is 2. The first kappa shape index (κ1) is 17.5. The number of benzene rings is 1. The van der Waals surface area contributed by atoms with Crippen LogP contribution < -0.4 is 11.5 Å². The number of halogens is 1. The van der Waals surface area contributed by atoms with E-state index in [9.17, 15) is 9.18 Å². The van der Waals surface area contributed by atoms with Gasteiger partial charge in [0.2, 0.25) is 0 Å². The monoisotopic (exact) mass is 274 g/mol. The largest absolute Gasteiger partial charge is 0.399 e. The third kappa shape index (κ3) is 7.54. The number of nitrogens with two attached hydrogens (primary N) is 2. The van der Waals surface area contributed by atoms with E-state index in [1.54, 1.807) is 0 Å². The number of carbonyl (C=O) groups is 1. The Kier molecular flexibility index (Phi) is 8.74. The number of ether oxygens (including phenoxy) is 1. The van der Waals surface area contributed by atoms with Gasteiger partial charge in [0, 0.05) is 14.0 Å². The molecule has 1 aliphatic carbocycles. The number of nitrogen functional groups attached to an aromatic ring is 1. The van der Waals surface area contributed by atoms with Crippen molar-refractivity contribution in [2.45, 2.75) is 26.7 Å². The Morgan fingerprint density at radius 3 is 2.21 bits per heavy atom. The molecule has 4 nitrogen and oxygen atoms in total. The third-order valence-corrected chi connectivity index (χ3v) is 2.52. The molecule has 0 radical (unpaired) electrons. The normalized spacial score (nSPS) is 14.3. The number of anilines is 1. The number of aldehydes is 1. The van der Waals surface area contributed by atoms with Crippen LogP contribution in [0.3, 0.4) is 0 Å². The van der Waals surface area contributed by atoms with Crippen LogP contribution in [0.1, 0.15) is 29.5 Å². The van der Waals surface area contributed by atoms with Crippen LogP contribution in [0.5, 0.6) is 0 Å². The molecule has 0 amide bonds. The second kappa shape index (κ2) is 9.47. The highest BCUT2D eigenvalue weighted by atomic mass is 19.1. The highest BCUT2D eigenvalue weighted by Crippen LogP contribution is 2.43. The van der Waals surface area contributed by atoms with Crippen molar-refractivity contribution in [1.29, 1.82) is 0 Å².